The summed E-state index contributed by atoms with van der Waals surface area (Å²) in [6.45, 7) is 1.24. The van der Waals surface area contributed by atoms with Crippen LogP contribution in [0.15, 0.2) is 42.5 Å². The van der Waals surface area contributed by atoms with Crippen molar-refractivity contribution in [3.8, 4) is 0 Å². The molecule has 0 atom stereocenters. The molecule has 0 saturated heterocycles. The maximum atomic E-state index is 12.1. The Hall–Kier alpha value is -2.86. The summed E-state index contributed by atoms with van der Waals surface area (Å²) in [7, 11) is 1.62. The Labute approximate surface area is 149 Å². The third kappa shape index (κ3) is 3.49. The van der Waals surface area contributed by atoms with Crippen LogP contribution in [0.5, 0.6) is 0 Å². The van der Waals surface area contributed by atoms with Crippen LogP contribution in [0.4, 0.5) is 5.69 Å². The van der Waals surface area contributed by atoms with Crippen LogP contribution in [0.2, 0.25) is 5.15 Å². The van der Waals surface area contributed by atoms with E-state index in [9.17, 15) is 9.59 Å². The van der Waals surface area contributed by atoms with Crippen LogP contribution in [0.1, 0.15) is 16.1 Å². The van der Waals surface area contributed by atoms with Crippen molar-refractivity contribution in [2.24, 2.45) is 7.05 Å². The molecule has 0 fully saturated rings. The molecule has 0 spiro atoms. The van der Waals surface area contributed by atoms with Crippen molar-refractivity contribution in [2.45, 2.75) is 6.92 Å². The number of nitrogens with zero attached hydrogens (tertiary/aromatic N) is 2. The highest BCUT2D eigenvalue weighted by molar-refractivity contribution is 6.32. The molecule has 0 bridgehead atoms. The highest BCUT2D eigenvalue weighted by atomic mass is 35.5. The number of hydrogen-bond donors (Lipinski definition) is 1. The van der Waals surface area contributed by atoms with Crippen LogP contribution in [0.25, 0.3) is 10.8 Å². The summed E-state index contributed by atoms with van der Waals surface area (Å²) < 4.78 is 6.44. The molecule has 3 aromatic rings. The number of aromatic nitrogens is 2. The second-order valence-corrected chi connectivity index (χ2v) is 5.88. The van der Waals surface area contributed by atoms with Gasteiger partial charge in [-0.15, -0.1) is 0 Å². The van der Waals surface area contributed by atoms with E-state index in [4.69, 9.17) is 16.3 Å². The molecule has 1 heterocycles. The predicted octanol–water partition coefficient (Wildman–Crippen LogP) is 3.33. The number of ether oxygens (including phenoxy) is 1. The molecule has 128 valence electrons. The molecule has 0 aliphatic carbocycles. The third-order valence-electron chi connectivity index (χ3n) is 3.75. The van der Waals surface area contributed by atoms with Gasteiger partial charge in [0.15, 0.2) is 6.61 Å². The average molecular weight is 358 g/mol. The van der Waals surface area contributed by atoms with Gasteiger partial charge in [-0.05, 0) is 18.4 Å². The van der Waals surface area contributed by atoms with E-state index < -0.39 is 18.5 Å². The van der Waals surface area contributed by atoms with Crippen molar-refractivity contribution in [3.05, 3.63) is 58.9 Å². The number of anilines is 1. The quantitative estimate of drug-likeness (QED) is 0.727. The molecule has 3 rings (SSSR count). The van der Waals surface area contributed by atoms with Gasteiger partial charge in [0.2, 0.25) is 0 Å². The lowest BCUT2D eigenvalue weighted by molar-refractivity contribution is -0.119. The standard InChI is InChI=1S/C18H16ClN3O3/c1-11-16(17(19)22(2)21-11)18(24)25-10-15(23)20-14-9-5-7-12-6-3-4-8-13(12)14/h3-9H,10H2,1-2H3,(H,20,23). The van der Waals surface area contributed by atoms with Crippen LogP contribution < -0.4 is 5.32 Å². The summed E-state index contributed by atoms with van der Waals surface area (Å²) in [5.41, 5.74) is 1.28. The van der Waals surface area contributed by atoms with Crippen LogP contribution in [0, 0.1) is 6.92 Å². The second-order valence-electron chi connectivity index (χ2n) is 5.53. The van der Waals surface area contributed by atoms with Crippen molar-refractivity contribution in [2.75, 3.05) is 11.9 Å². The van der Waals surface area contributed by atoms with Gasteiger partial charge in [0, 0.05) is 18.1 Å². The summed E-state index contributed by atoms with van der Waals surface area (Å²) >= 11 is 6.02. The minimum Gasteiger partial charge on any atom is -0.452 e. The van der Waals surface area contributed by atoms with Crippen molar-refractivity contribution in [1.82, 2.24) is 9.78 Å². The first-order valence-corrected chi connectivity index (χ1v) is 7.99. The Kier molecular flexibility index (Phi) is 4.72. The number of fused-ring (bicyclic) bond motifs is 1. The van der Waals surface area contributed by atoms with E-state index in [1.807, 2.05) is 36.4 Å². The van der Waals surface area contributed by atoms with Crippen molar-refractivity contribution < 1.29 is 14.3 Å². The fourth-order valence-corrected chi connectivity index (χ4v) is 2.84. The van der Waals surface area contributed by atoms with Crippen LogP contribution in [0.3, 0.4) is 0 Å². The number of carbonyl (C=O) groups is 2. The Bertz CT molecular complexity index is 960. The summed E-state index contributed by atoms with van der Waals surface area (Å²) in [5, 5.41) is 8.90. The maximum absolute atomic E-state index is 12.1. The zero-order chi connectivity index (χ0) is 18.0. The zero-order valence-electron chi connectivity index (χ0n) is 13.7. The van der Waals surface area contributed by atoms with Gasteiger partial charge in [-0.1, -0.05) is 48.0 Å². The molecular formula is C18H16ClN3O3. The molecule has 2 aromatic carbocycles. The number of hydrogen-bond acceptors (Lipinski definition) is 4. The first kappa shape index (κ1) is 17.0. The Balaban J connectivity index is 1.68. The minimum atomic E-state index is -0.677. The van der Waals surface area contributed by atoms with Crippen LogP contribution >= 0.6 is 11.6 Å². The van der Waals surface area contributed by atoms with Crippen LogP contribution in [-0.2, 0) is 16.6 Å². The molecule has 1 amide bonds. The summed E-state index contributed by atoms with van der Waals surface area (Å²) in [6.07, 6.45) is 0. The van der Waals surface area contributed by atoms with Crippen LogP contribution in [-0.4, -0.2) is 28.3 Å². The van der Waals surface area contributed by atoms with E-state index in [-0.39, 0.29) is 10.7 Å². The van der Waals surface area contributed by atoms with E-state index in [0.29, 0.717) is 11.4 Å². The van der Waals surface area contributed by atoms with Gasteiger partial charge in [-0.3, -0.25) is 9.48 Å². The Morgan fingerprint density at radius 1 is 1.20 bits per heavy atom. The lowest BCUT2D eigenvalue weighted by Crippen LogP contribution is -2.21. The lowest BCUT2D eigenvalue weighted by atomic mass is 10.1. The average Bonchev–Trinajstić information content (AvgIpc) is 2.85. The predicted molar refractivity (Wildman–Crippen MR) is 95.8 cm³/mol. The van der Waals surface area contributed by atoms with Gasteiger partial charge >= 0.3 is 5.97 Å². The normalized spacial score (nSPS) is 10.7. The van der Waals surface area contributed by atoms with Crippen molar-refractivity contribution in [3.63, 3.8) is 0 Å². The topological polar surface area (TPSA) is 73.2 Å². The van der Waals surface area contributed by atoms with Crippen molar-refractivity contribution in [1.29, 1.82) is 0 Å². The molecular weight excluding hydrogens is 342 g/mol. The largest absolute Gasteiger partial charge is 0.452 e. The van der Waals surface area contributed by atoms with Gasteiger partial charge in [0.1, 0.15) is 10.7 Å². The van der Waals surface area contributed by atoms with E-state index in [1.54, 1.807) is 20.0 Å². The monoisotopic (exact) mass is 357 g/mol. The molecule has 0 aliphatic heterocycles. The highest BCUT2D eigenvalue weighted by Gasteiger charge is 2.21. The first-order valence-electron chi connectivity index (χ1n) is 7.61. The molecule has 1 N–H and O–H groups in total. The number of amides is 1. The maximum Gasteiger partial charge on any atom is 0.343 e. The van der Waals surface area contributed by atoms with Gasteiger partial charge in [-0.2, -0.15) is 5.10 Å². The number of benzene rings is 2. The molecule has 0 unspecified atom stereocenters. The van der Waals surface area contributed by atoms with Gasteiger partial charge in [0.25, 0.3) is 5.91 Å². The number of esters is 1. The number of aryl methyl sites for hydroxylation is 2. The fourth-order valence-electron chi connectivity index (χ4n) is 2.59. The molecule has 25 heavy (non-hydrogen) atoms. The smallest absolute Gasteiger partial charge is 0.343 e. The van der Waals surface area contributed by atoms with E-state index in [0.717, 1.165) is 10.8 Å². The number of halogens is 1. The molecule has 1 aromatic heterocycles. The summed E-state index contributed by atoms with van der Waals surface area (Å²) in [5.74, 6) is -1.11. The van der Waals surface area contributed by atoms with E-state index >= 15 is 0 Å². The summed E-state index contributed by atoms with van der Waals surface area (Å²) in [6, 6.07) is 13.3. The third-order valence-corrected chi connectivity index (χ3v) is 4.19. The van der Waals surface area contributed by atoms with Gasteiger partial charge < -0.3 is 10.1 Å². The fraction of sp³-hybridized carbons (Fsp3) is 0.167. The second kappa shape index (κ2) is 6.94. The van der Waals surface area contributed by atoms with E-state index in [1.165, 1.54) is 4.68 Å². The lowest BCUT2D eigenvalue weighted by Gasteiger charge is -2.09. The zero-order valence-corrected chi connectivity index (χ0v) is 14.5. The molecule has 7 heteroatoms. The highest BCUT2D eigenvalue weighted by Crippen LogP contribution is 2.23. The molecule has 0 aliphatic rings. The molecule has 0 radical (unpaired) electrons. The summed E-state index contributed by atoms with van der Waals surface area (Å²) in [4.78, 5) is 24.3. The number of carbonyl (C=O) groups excluding carboxylic acids is 2. The minimum absolute atomic E-state index is 0.169. The number of rotatable bonds is 4. The van der Waals surface area contributed by atoms with Gasteiger partial charge in [-0.25, -0.2) is 4.79 Å². The van der Waals surface area contributed by atoms with Gasteiger partial charge in [0.05, 0.1) is 5.69 Å². The van der Waals surface area contributed by atoms with E-state index in [2.05, 4.69) is 10.4 Å². The Morgan fingerprint density at radius 2 is 1.92 bits per heavy atom. The number of nitrogens with one attached hydrogen (secondary N) is 1. The first-order chi connectivity index (χ1) is 12.0. The SMILES string of the molecule is Cc1nn(C)c(Cl)c1C(=O)OCC(=O)Nc1cccc2ccccc12. The molecule has 0 saturated carbocycles. The Morgan fingerprint density at radius 3 is 2.64 bits per heavy atom. The molecule has 6 nitrogen and oxygen atoms in total. The van der Waals surface area contributed by atoms with Crippen molar-refractivity contribution >= 4 is 39.9 Å².